The van der Waals surface area contributed by atoms with E-state index in [-0.39, 0.29) is 5.56 Å². The summed E-state index contributed by atoms with van der Waals surface area (Å²) in [5, 5.41) is 19.1. The highest BCUT2D eigenvalue weighted by molar-refractivity contribution is 6.01. The number of fused-ring (bicyclic) bond motifs is 2. The van der Waals surface area contributed by atoms with Crippen molar-refractivity contribution >= 4 is 10.8 Å². The van der Waals surface area contributed by atoms with Crippen molar-refractivity contribution in [2.45, 2.75) is 6.54 Å². The fourth-order valence-electron chi connectivity index (χ4n) is 3.69. The van der Waals surface area contributed by atoms with Crippen LogP contribution in [0.25, 0.3) is 22.0 Å². The fourth-order valence-corrected chi connectivity index (χ4v) is 3.69. The van der Waals surface area contributed by atoms with Crippen LogP contribution < -0.4 is 10.3 Å². The largest absolute Gasteiger partial charge is 0.456 e. The molecule has 2 aliphatic rings. The smallest absolute Gasteiger partial charge is 0.272 e. The van der Waals surface area contributed by atoms with E-state index < -0.39 is 0 Å². The van der Waals surface area contributed by atoms with E-state index in [9.17, 15) is 10.0 Å². The van der Waals surface area contributed by atoms with Crippen molar-refractivity contribution in [3.05, 3.63) is 52.3 Å². The highest BCUT2D eigenvalue weighted by atomic mass is 16.5. The summed E-state index contributed by atoms with van der Waals surface area (Å²) in [6, 6.07) is 11.6. The number of nitrogens with zero attached hydrogens (tertiary/aromatic N) is 3. The molecule has 0 aliphatic carbocycles. The number of aromatic amines is 1. The highest BCUT2D eigenvalue weighted by Gasteiger charge is 2.23. The molecule has 2 aliphatic heterocycles. The van der Waals surface area contributed by atoms with Gasteiger partial charge < -0.3 is 9.94 Å². The molecule has 26 heavy (non-hydrogen) atoms. The van der Waals surface area contributed by atoms with Gasteiger partial charge in [0.05, 0.1) is 10.8 Å². The zero-order chi connectivity index (χ0) is 17.7. The first kappa shape index (κ1) is 15.5. The molecule has 3 aromatic rings. The number of ether oxygens (including phenoxy) is 1. The van der Waals surface area contributed by atoms with Crippen LogP contribution in [-0.2, 0) is 6.54 Å². The second kappa shape index (κ2) is 5.91. The zero-order valence-corrected chi connectivity index (χ0v) is 14.1. The third-order valence-electron chi connectivity index (χ3n) is 5.05. The fraction of sp³-hybridized carbons (Fsp3) is 0.263. The Labute approximate surface area is 149 Å². The molecular formula is C19H18N4O3. The monoisotopic (exact) mass is 350 g/mol. The van der Waals surface area contributed by atoms with Crippen LogP contribution in [0.5, 0.6) is 11.5 Å². The number of aromatic nitrogens is 2. The van der Waals surface area contributed by atoms with E-state index in [1.54, 1.807) is 6.07 Å². The summed E-state index contributed by atoms with van der Waals surface area (Å²) in [4.78, 5) is 14.4. The Morgan fingerprint density at radius 2 is 1.96 bits per heavy atom. The van der Waals surface area contributed by atoms with Gasteiger partial charge in [-0.25, -0.2) is 5.10 Å². The molecule has 0 spiro atoms. The topological polar surface area (TPSA) is 81.7 Å². The number of H-pyrrole nitrogens is 1. The predicted octanol–water partition coefficient (Wildman–Crippen LogP) is 2.20. The molecule has 0 radical (unpaired) electrons. The number of nitrogens with one attached hydrogen (secondary N) is 1. The maximum atomic E-state index is 12.1. The van der Waals surface area contributed by atoms with Gasteiger partial charge in [-0.1, -0.05) is 12.1 Å². The van der Waals surface area contributed by atoms with E-state index in [1.165, 1.54) is 5.06 Å². The van der Waals surface area contributed by atoms with Crippen molar-refractivity contribution in [2.75, 3.05) is 26.2 Å². The lowest BCUT2D eigenvalue weighted by molar-refractivity contribution is -0.118. The first-order chi connectivity index (χ1) is 12.7. The Morgan fingerprint density at radius 3 is 2.81 bits per heavy atom. The van der Waals surface area contributed by atoms with E-state index in [4.69, 9.17) is 4.74 Å². The van der Waals surface area contributed by atoms with Crippen molar-refractivity contribution in [1.82, 2.24) is 20.2 Å². The first-order valence-electron chi connectivity index (χ1n) is 8.68. The molecule has 7 heteroatoms. The molecule has 1 saturated heterocycles. The third-order valence-corrected chi connectivity index (χ3v) is 5.05. The van der Waals surface area contributed by atoms with Crippen LogP contribution in [0.1, 0.15) is 5.56 Å². The minimum atomic E-state index is -0.212. The van der Waals surface area contributed by atoms with E-state index >= 15 is 0 Å². The minimum absolute atomic E-state index is 0.212. The Bertz CT molecular complexity index is 1050. The lowest BCUT2D eigenvalue weighted by Gasteiger charge is -2.31. The molecule has 1 fully saturated rings. The number of piperazine rings is 1. The molecule has 0 saturated carbocycles. The molecular weight excluding hydrogens is 332 g/mol. The SMILES string of the molecule is O=c1[nH]nc2c3c(cccc13)Oc1ccc(CN3CCN(O)CC3)cc1-2. The summed E-state index contributed by atoms with van der Waals surface area (Å²) in [5.74, 6) is 1.41. The van der Waals surface area contributed by atoms with Crippen molar-refractivity contribution < 1.29 is 9.94 Å². The summed E-state index contributed by atoms with van der Waals surface area (Å²) in [6.45, 7) is 3.77. The second-order valence-electron chi connectivity index (χ2n) is 6.74. The van der Waals surface area contributed by atoms with Gasteiger partial charge in [0.15, 0.2) is 0 Å². The van der Waals surface area contributed by atoms with Gasteiger partial charge in [0.25, 0.3) is 5.56 Å². The van der Waals surface area contributed by atoms with Gasteiger partial charge in [-0.05, 0) is 29.8 Å². The quantitative estimate of drug-likeness (QED) is 0.577. The van der Waals surface area contributed by atoms with Crippen LogP contribution >= 0.6 is 0 Å². The van der Waals surface area contributed by atoms with Gasteiger partial charge >= 0.3 is 0 Å². The Morgan fingerprint density at radius 1 is 1.12 bits per heavy atom. The van der Waals surface area contributed by atoms with Gasteiger partial charge in [-0.2, -0.15) is 10.2 Å². The zero-order valence-electron chi connectivity index (χ0n) is 14.1. The molecule has 1 aromatic heterocycles. The summed E-state index contributed by atoms with van der Waals surface area (Å²) in [5.41, 5.74) is 2.58. The molecule has 2 N–H and O–H groups in total. The van der Waals surface area contributed by atoms with E-state index in [0.717, 1.165) is 47.6 Å². The van der Waals surface area contributed by atoms with E-state index in [1.807, 2.05) is 18.2 Å². The van der Waals surface area contributed by atoms with Crippen LogP contribution in [0.4, 0.5) is 0 Å². The van der Waals surface area contributed by atoms with Crippen LogP contribution in [0.2, 0.25) is 0 Å². The van der Waals surface area contributed by atoms with Gasteiger partial charge in [0.1, 0.15) is 17.2 Å². The van der Waals surface area contributed by atoms with Crippen LogP contribution in [0.3, 0.4) is 0 Å². The van der Waals surface area contributed by atoms with Crippen molar-refractivity contribution in [3.63, 3.8) is 0 Å². The van der Waals surface area contributed by atoms with Crippen LogP contribution in [-0.4, -0.2) is 51.5 Å². The molecule has 132 valence electrons. The molecule has 0 bridgehead atoms. The van der Waals surface area contributed by atoms with Crippen LogP contribution in [0.15, 0.2) is 41.2 Å². The molecule has 3 heterocycles. The number of hydroxylamine groups is 2. The Hall–Kier alpha value is -2.74. The van der Waals surface area contributed by atoms with Crippen molar-refractivity contribution in [3.8, 4) is 22.8 Å². The Balaban J connectivity index is 1.56. The minimum Gasteiger partial charge on any atom is -0.456 e. The normalized spacial score (nSPS) is 17.1. The number of hydrogen-bond acceptors (Lipinski definition) is 6. The average molecular weight is 350 g/mol. The first-order valence-corrected chi connectivity index (χ1v) is 8.68. The van der Waals surface area contributed by atoms with Gasteiger partial charge in [-0.15, -0.1) is 0 Å². The van der Waals surface area contributed by atoms with Crippen molar-refractivity contribution in [2.24, 2.45) is 0 Å². The lowest BCUT2D eigenvalue weighted by Crippen LogP contribution is -2.44. The second-order valence-corrected chi connectivity index (χ2v) is 6.74. The molecule has 2 aromatic carbocycles. The number of hydrogen-bond donors (Lipinski definition) is 2. The molecule has 0 unspecified atom stereocenters. The summed E-state index contributed by atoms with van der Waals surface area (Å²) in [6.07, 6.45) is 0. The van der Waals surface area contributed by atoms with E-state index in [2.05, 4.69) is 27.2 Å². The van der Waals surface area contributed by atoms with Gasteiger partial charge in [-0.3, -0.25) is 9.69 Å². The predicted molar refractivity (Wildman–Crippen MR) is 96.5 cm³/mol. The molecule has 7 nitrogen and oxygen atoms in total. The van der Waals surface area contributed by atoms with Crippen LogP contribution in [0, 0.1) is 0 Å². The Kier molecular flexibility index (Phi) is 3.53. The summed E-state index contributed by atoms with van der Waals surface area (Å²) in [7, 11) is 0. The van der Waals surface area contributed by atoms with Gasteiger partial charge in [0.2, 0.25) is 0 Å². The maximum absolute atomic E-state index is 12.1. The van der Waals surface area contributed by atoms with E-state index in [0.29, 0.717) is 24.2 Å². The molecule has 5 rings (SSSR count). The van der Waals surface area contributed by atoms with Crippen molar-refractivity contribution in [1.29, 1.82) is 0 Å². The third kappa shape index (κ3) is 2.48. The maximum Gasteiger partial charge on any atom is 0.272 e. The summed E-state index contributed by atoms with van der Waals surface area (Å²) >= 11 is 0. The lowest BCUT2D eigenvalue weighted by atomic mass is 9.99. The van der Waals surface area contributed by atoms with Gasteiger partial charge in [0, 0.05) is 38.3 Å². The molecule has 0 atom stereocenters. The molecule has 0 amide bonds. The number of benzene rings is 2. The average Bonchev–Trinajstić information content (AvgIpc) is 2.66. The standard InChI is InChI=1S/C19H18N4O3/c24-19-13-2-1-3-16-17(13)18(20-21-19)14-10-12(4-5-15(14)26-16)11-22-6-8-23(25)9-7-22/h1-5,10,25H,6-9,11H2,(H,21,24). The number of rotatable bonds is 2. The highest BCUT2D eigenvalue weighted by Crippen LogP contribution is 2.44. The summed E-state index contributed by atoms with van der Waals surface area (Å²) < 4.78 is 6.02.